The topological polar surface area (TPSA) is 9.72 Å². The van der Waals surface area contributed by atoms with Crippen LogP contribution in [-0.4, -0.2) is 6.71 Å². The predicted molar refractivity (Wildman–Crippen MR) is 307 cm³/mol. The molecule has 0 saturated carbocycles. The second-order valence-electron chi connectivity index (χ2n) is 26.6. The predicted octanol–water partition coefficient (Wildman–Crippen LogP) is 17.0. The molecule has 9 rings (SSSR count). The van der Waals surface area contributed by atoms with Crippen LogP contribution in [0.3, 0.4) is 0 Å². The minimum absolute atomic E-state index is 0.0192. The third kappa shape index (κ3) is 9.01. The number of hydrogen-bond acceptors (Lipinski definition) is 3. The van der Waals surface area contributed by atoms with E-state index in [1.54, 1.807) is 0 Å². The molecule has 0 radical (unpaired) electrons. The largest absolute Gasteiger partial charge is 0.311 e. The van der Waals surface area contributed by atoms with Gasteiger partial charge >= 0.3 is 0 Å². The van der Waals surface area contributed by atoms with Gasteiger partial charge in [-0.15, -0.1) is 0 Å². The molecular formula is C66H78BN3. The van der Waals surface area contributed by atoms with Crippen molar-refractivity contribution in [2.75, 3.05) is 14.7 Å². The summed E-state index contributed by atoms with van der Waals surface area (Å²) in [5, 5.41) is 0. The number of hydrogen-bond donors (Lipinski definition) is 0. The van der Waals surface area contributed by atoms with E-state index in [9.17, 15) is 0 Å². The molecule has 7 aromatic rings. The van der Waals surface area contributed by atoms with Gasteiger partial charge in [0.15, 0.2) is 0 Å². The van der Waals surface area contributed by atoms with Gasteiger partial charge in [-0.25, -0.2) is 0 Å². The van der Waals surface area contributed by atoms with E-state index in [1.165, 1.54) is 72.5 Å². The third-order valence-electron chi connectivity index (χ3n) is 15.0. The van der Waals surface area contributed by atoms with Crippen LogP contribution >= 0.6 is 0 Å². The van der Waals surface area contributed by atoms with Gasteiger partial charge in [0, 0.05) is 45.5 Å². The fourth-order valence-corrected chi connectivity index (χ4v) is 10.5. The number of benzene rings is 7. The van der Waals surface area contributed by atoms with Crippen molar-refractivity contribution < 1.29 is 0 Å². The van der Waals surface area contributed by atoms with Crippen LogP contribution < -0.4 is 31.1 Å². The van der Waals surface area contributed by atoms with Gasteiger partial charge in [0.2, 0.25) is 0 Å². The maximum Gasteiger partial charge on any atom is 0.252 e. The Morgan fingerprint density at radius 1 is 0.300 bits per heavy atom. The lowest BCUT2D eigenvalue weighted by Crippen LogP contribution is -2.61. The first-order chi connectivity index (χ1) is 32.5. The average Bonchev–Trinajstić information content (AvgIpc) is 3.27. The fraction of sp³-hybridized carbons (Fsp3) is 0.364. The molecule has 0 bridgehead atoms. The maximum absolute atomic E-state index is 2.59. The zero-order chi connectivity index (χ0) is 50.7. The molecule has 7 aromatic carbocycles. The van der Waals surface area contributed by atoms with Crippen LogP contribution in [-0.2, 0) is 32.5 Å². The van der Waals surface area contributed by atoms with Gasteiger partial charge in [-0.3, -0.25) is 0 Å². The third-order valence-corrected chi connectivity index (χ3v) is 15.0. The molecule has 0 atom stereocenters. The van der Waals surface area contributed by atoms with Crippen molar-refractivity contribution in [1.82, 2.24) is 0 Å². The van der Waals surface area contributed by atoms with Gasteiger partial charge in [-0.1, -0.05) is 197 Å². The lowest BCUT2D eigenvalue weighted by molar-refractivity contribution is 0.589. The highest BCUT2D eigenvalue weighted by atomic mass is 15.2. The van der Waals surface area contributed by atoms with E-state index in [0.29, 0.717) is 0 Å². The van der Waals surface area contributed by atoms with E-state index < -0.39 is 0 Å². The van der Waals surface area contributed by atoms with E-state index in [1.807, 2.05) is 0 Å². The molecular weight excluding hydrogens is 846 g/mol. The lowest BCUT2D eigenvalue weighted by atomic mass is 9.33. The Balaban J connectivity index is 1.45. The highest BCUT2D eigenvalue weighted by Crippen LogP contribution is 2.50. The molecule has 0 spiro atoms. The minimum Gasteiger partial charge on any atom is -0.311 e. The molecule has 70 heavy (non-hydrogen) atoms. The Morgan fingerprint density at radius 2 is 0.614 bits per heavy atom. The molecule has 0 unspecified atom stereocenters. The monoisotopic (exact) mass is 924 g/mol. The van der Waals surface area contributed by atoms with Crippen molar-refractivity contribution in [3.05, 3.63) is 179 Å². The van der Waals surface area contributed by atoms with Crippen LogP contribution in [0, 0.1) is 0 Å². The quantitative estimate of drug-likeness (QED) is 0.159. The Bertz CT molecular complexity index is 2890. The molecule has 4 heteroatoms. The Kier molecular flexibility index (Phi) is 11.8. The van der Waals surface area contributed by atoms with Gasteiger partial charge in [-0.2, -0.15) is 0 Å². The molecule has 0 aromatic heterocycles. The van der Waals surface area contributed by atoms with Crippen molar-refractivity contribution in [1.29, 1.82) is 0 Å². The van der Waals surface area contributed by atoms with Gasteiger partial charge in [0.05, 0.1) is 5.69 Å². The van der Waals surface area contributed by atoms with Crippen LogP contribution in [0.2, 0.25) is 0 Å². The molecule has 0 amide bonds. The summed E-state index contributed by atoms with van der Waals surface area (Å²) in [6, 6.07) is 57.0. The average molecular weight is 924 g/mol. The van der Waals surface area contributed by atoms with E-state index in [4.69, 9.17) is 0 Å². The summed E-state index contributed by atoms with van der Waals surface area (Å²) >= 11 is 0. The highest BCUT2D eigenvalue weighted by Gasteiger charge is 2.45. The highest BCUT2D eigenvalue weighted by molar-refractivity contribution is 7.00. The molecule has 0 fully saturated rings. The second-order valence-corrected chi connectivity index (χ2v) is 26.6. The van der Waals surface area contributed by atoms with Crippen LogP contribution in [0.4, 0.5) is 51.2 Å². The smallest absolute Gasteiger partial charge is 0.252 e. The normalized spacial score (nSPS) is 14.1. The first-order valence-corrected chi connectivity index (χ1v) is 25.8. The summed E-state index contributed by atoms with van der Waals surface area (Å²) in [6.45, 7) is 41.8. The molecule has 0 aliphatic carbocycles. The number of nitrogens with zero attached hydrogens (tertiary/aromatic N) is 3. The molecule has 0 N–H and O–H groups in total. The molecule has 2 aliphatic heterocycles. The van der Waals surface area contributed by atoms with E-state index in [-0.39, 0.29) is 39.2 Å². The summed E-state index contributed by atoms with van der Waals surface area (Å²) in [4.78, 5) is 7.69. The molecule has 2 heterocycles. The summed E-state index contributed by atoms with van der Waals surface area (Å²) in [6.07, 6.45) is 0. The van der Waals surface area contributed by atoms with Crippen LogP contribution in [0.25, 0.3) is 0 Å². The van der Waals surface area contributed by atoms with Gasteiger partial charge in [-0.05, 0) is 155 Å². The van der Waals surface area contributed by atoms with Crippen molar-refractivity contribution >= 4 is 74.3 Å². The molecule has 2 aliphatic rings. The van der Waals surface area contributed by atoms with Crippen LogP contribution in [0.1, 0.15) is 158 Å². The zero-order valence-corrected chi connectivity index (χ0v) is 45.8. The zero-order valence-electron chi connectivity index (χ0n) is 45.8. The first-order valence-electron chi connectivity index (χ1n) is 25.8. The number of rotatable bonds is 5. The molecule has 360 valence electrons. The maximum atomic E-state index is 2.59. The van der Waals surface area contributed by atoms with Crippen LogP contribution in [0.5, 0.6) is 0 Å². The Hall–Kier alpha value is -6.00. The summed E-state index contributed by atoms with van der Waals surface area (Å²) in [5.74, 6) is 0. The van der Waals surface area contributed by atoms with Gasteiger partial charge in [0.25, 0.3) is 6.71 Å². The standard InChI is InChI=1S/C66H78BN3/c1-61(2,3)43-25-31-49(32-26-43)69-56-35-29-47(65(13,14)15)39-54(56)67-55-40-48(66(16,17)18)30-36-57(55)70(50-33-27-44(28-34-50)62(4,5)6)59-42-53(41-58(69)60(59)67)68(51-23-19-21-45(37-51)63(7,8)9)52-24-20-22-46(38-52)64(10,11)12/h19-42H,1-18H3. The summed E-state index contributed by atoms with van der Waals surface area (Å²) in [5.41, 5.74) is 22.4. The number of fused-ring (bicyclic) bond motifs is 4. The van der Waals surface area contributed by atoms with Crippen LogP contribution in [0.15, 0.2) is 146 Å². The van der Waals surface area contributed by atoms with E-state index in [2.05, 4.69) is 285 Å². The van der Waals surface area contributed by atoms with Crippen molar-refractivity contribution in [2.45, 2.75) is 157 Å². The Morgan fingerprint density at radius 3 is 0.943 bits per heavy atom. The Labute approximate surface area is 423 Å². The first kappa shape index (κ1) is 49.0. The van der Waals surface area contributed by atoms with Gasteiger partial charge < -0.3 is 14.7 Å². The van der Waals surface area contributed by atoms with Crippen molar-refractivity contribution in [2.24, 2.45) is 0 Å². The second kappa shape index (κ2) is 16.8. The van der Waals surface area contributed by atoms with Crippen molar-refractivity contribution in [3.8, 4) is 0 Å². The van der Waals surface area contributed by atoms with E-state index >= 15 is 0 Å². The lowest BCUT2D eigenvalue weighted by Gasteiger charge is -2.45. The molecule has 0 saturated heterocycles. The van der Waals surface area contributed by atoms with Gasteiger partial charge in [0.1, 0.15) is 0 Å². The van der Waals surface area contributed by atoms with Crippen molar-refractivity contribution in [3.63, 3.8) is 0 Å². The molecule has 3 nitrogen and oxygen atoms in total. The summed E-state index contributed by atoms with van der Waals surface area (Å²) in [7, 11) is 0. The fourth-order valence-electron chi connectivity index (χ4n) is 10.5. The summed E-state index contributed by atoms with van der Waals surface area (Å²) < 4.78 is 0. The SMILES string of the molecule is CC(C)(C)c1ccc(N2c3ccc(C(C)(C)C)cc3B3c4cc(C(C)(C)C)ccc4N(c4ccc(C(C)(C)C)cc4)c4cc(N(c5cccc(C(C)(C)C)c5)c5cccc(C(C)(C)C)c5)cc2c43)cc1. The van der Waals surface area contributed by atoms with E-state index in [0.717, 1.165) is 28.4 Å². The number of anilines is 9. The minimum atomic E-state index is -0.0452.